The molecule has 22 heavy (non-hydrogen) atoms. The van der Waals surface area contributed by atoms with Gasteiger partial charge in [-0.25, -0.2) is 0 Å². The Labute approximate surface area is 150 Å². The molecule has 0 fully saturated rings. The molecule has 2 heterocycles. The zero-order chi connectivity index (χ0) is 15.9. The summed E-state index contributed by atoms with van der Waals surface area (Å²) in [7, 11) is -2.65. The van der Waals surface area contributed by atoms with E-state index in [0.717, 1.165) is 9.46 Å². The first kappa shape index (κ1) is 21.2. The Bertz CT molecular complexity index is 647. The predicted octanol–water partition coefficient (Wildman–Crippen LogP) is 0.0340. The van der Waals surface area contributed by atoms with Gasteiger partial charge < -0.3 is 19.5 Å². The van der Waals surface area contributed by atoms with Gasteiger partial charge in [-0.05, 0) is 12.1 Å². The standard InChI is InChI=1S/C10H8N2O2S2.Mg.H2O4S/c13-11-7-3-1-5-9(11)15-16-10-6-2-4-8-12(10)14;;1-5(2,3)4/h1-8H;;(H2,1,2,3,4)/q;+2;/p-2. The Hall–Kier alpha value is -0.764. The largest absolute Gasteiger partial charge is 2.00 e. The van der Waals surface area contributed by atoms with Crippen LogP contribution in [0.4, 0.5) is 0 Å². The molecule has 0 saturated heterocycles. The van der Waals surface area contributed by atoms with Crippen molar-refractivity contribution in [3.63, 3.8) is 0 Å². The Morgan fingerprint density at radius 2 is 1.14 bits per heavy atom. The molecule has 0 N–H and O–H groups in total. The van der Waals surface area contributed by atoms with Gasteiger partial charge in [0.25, 0.3) is 10.1 Å². The number of aromatic nitrogens is 2. The van der Waals surface area contributed by atoms with E-state index in [4.69, 9.17) is 17.5 Å². The van der Waals surface area contributed by atoms with Crippen LogP contribution in [-0.2, 0) is 10.4 Å². The minimum atomic E-state index is -5.17. The average molecular weight is 373 g/mol. The maximum absolute atomic E-state index is 11.3. The van der Waals surface area contributed by atoms with Gasteiger partial charge >= 0.3 is 23.1 Å². The SMILES string of the molecule is O=S(=O)([O-])[O-].[Mg+2].[O-][n+]1ccccc1SSc1cccc[n+]1[O-]. The average Bonchev–Trinajstić information content (AvgIpc) is 2.37. The summed E-state index contributed by atoms with van der Waals surface area (Å²) in [5.41, 5.74) is 0. The van der Waals surface area contributed by atoms with E-state index in [2.05, 4.69) is 0 Å². The van der Waals surface area contributed by atoms with Crippen LogP contribution < -0.4 is 9.46 Å². The van der Waals surface area contributed by atoms with E-state index in [-0.39, 0.29) is 23.1 Å². The van der Waals surface area contributed by atoms with Gasteiger partial charge in [-0.15, -0.1) is 0 Å². The van der Waals surface area contributed by atoms with Crippen LogP contribution in [0, 0.1) is 10.4 Å². The molecule has 114 valence electrons. The zero-order valence-corrected chi connectivity index (χ0v) is 14.8. The second-order valence-corrected chi connectivity index (χ2v) is 6.29. The van der Waals surface area contributed by atoms with Crippen molar-refractivity contribution in [2.24, 2.45) is 0 Å². The molecule has 0 aliphatic heterocycles. The fourth-order valence-corrected chi connectivity index (χ4v) is 3.03. The minimum Gasteiger partial charge on any atom is -0.759 e. The van der Waals surface area contributed by atoms with E-state index in [9.17, 15) is 10.4 Å². The Balaban J connectivity index is 0.000000644. The summed E-state index contributed by atoms with van der Waals surface area (Å²) in [4.78, 5) is 0. The molecule has 0 radical (unpaired) electrons. The molecule has 0 atom stereocenters. The van der Waals surface area contributed by atoms with Crippen LogP contribution in [0.5, 0.6) is 0 Å². The fourth-order valence-electron chi connectivity index (χ4n) is 1.04. The van der Waals surface area contributed by atoms with Crippen molar-refractivity contribution in [1.29, 1.82) is 0 Å². The minimum absolute atomic E-state index is 0. The Morgan fingerprint density at radius 3 is 1.41 bits per heavy atom. The van der Waals surface area contributed by atoms with Gasteiger partial charge in [0.15, 0.2) is 12.4 Å². The number of hydrogen-bond acceptors (Lipinski definition) is 8. The summed E-state index contributed by atoms with van der Waals surface area (Å²) in [5.74, 6) is 0. The van der Waals surface area contributed by atoms with Crippen LogP contribution in [0.3, 0.4) is 0 Å². The first-order chi connectivity index (χ1) is 9.77. The third-order valence-electron chi connectivity index (χ3n) is 1.79. The number of pyridine rings is 2. The monoisotopic (exact) mass is 372 g/mol. The Morgan fingerprint density at radius 1 is 0.818 bits per heavy atom. The molecular formula is C10H8MgN2O6S3. The van der Waals surface area contributed by atoms with E-state index in [0.29, 0.717) is 10.1 Å². The molecule has 0 unspecified atom stereocenters. The van der Waals surface area contributed by atoms with Crippen molar-refractivity contribution in [3.8, 4) is 0 Å². The van der Waals surface area contributed by atoms with E-state index in [1.165, 1.54) is 34.0 Å². The second-order valence-electron chi connectivity index (χ2n) is 3.30. The van der Waals surface area contributed by atoms with Crippen molar-refractivity contribution < 1.29 is 27.0 Å². The Kier molecular flexibility index (Phi) is 9.74. The van der Waals surface area contributed by atoms with E-state index in [1.807, 2.05) is 0 Å². The van der Waals surface area contributed by atoms with Crippen molar-refractivity contribution in [2.45, 2.75) is 10.1 Å². The van der Waals surface area contributed by atoms with Gasteiger partial charge in [0.1, 0.15) is 0 Å². The molecule has 0 aliphatic rings. The van der Waals surface area contributed by atoms with Crippen molar-refractivity contribution in [3.05, 3.63) is 59.2 Å². The quantitative estimate of drug-likeness (QED) is 0.184. The summed E-state index contributed by atoms with van der Waals surface area (Å²) in [6, 6.07) is 10.3. The maximum atomic E-state index is 11.3. The van der Waals surface area contributed by atoms with Crippen molar-refractivity contribution in [1.82, 2.24) is 0 Å². The molecule has 2 rings (SSSR count). The molecule has 0 bridgehead atoms. The van der Waals surface area contributed by atoms with Crippen LogP contribution >= 0.6 is 21.6 Å². The normalized spacial score (nSPS) is 10.1. The molecule has 0 aliphatic carbocycles. The second kappa shape index (κ2) is 10.1. The summed E-state index contributed by atoms with van der Waals surface area (Å²) >= 11 is 0. The van der Waals surface area contributed by atoms with Crippen LogP contribution in [0.2, 0.25) is 0 Å². The molecular weight excluding hydrogens is 365 g/mol. The summed E-state index contributed by atoms with van der Waals surface area (Å²) in [6.45, 7) is 0. The summed E-state index contributed by atoms with van der Waals surface area (Å²) in [6.07, 6.45) is 2.86. The maximum Gasteiger partial charge on any atom is 2.00 e. The number of nitrogens with zero attached hydrogens (tertiary/aromatic N) is 2. The van der Waals surface area contributed by atoms with E-state index >= 15 is 0 Å². The molecule has 0 spiro atoms. The molecule has 2 aromatic rings. The summed E-state index contributed by atoms with van der Waals surface area (Å²) in [5, 5.41) is 23.8. The van der Waals surface area contributed by atoms with Crippen LogP contribution in [0.15, 0.2) is 58.8 Å². The van der Waals surface area contributed by atoms with Crippen molar-refractivity contribution >= 4 is 55.0 Å². The number of rotatable bonds is 3. The zero-order valence-electron chi connectivity index (χ0n) is 10.9. The first-order valence-corrected chi connectivity index (χ1v) is 8.63. The fraction of sp³-hybridized carbons (Fsp3) is 0. The molecule has 0 aromatic carbocycles. The molecule has 0 amide bonds. The topological polar surface area (TPSA) is 134 Å². The van der Waals surface area contributed by atoms with Gasteiger partial charge in [0.05, 0.1) is 0 Å². The van der Waals surface area contributed by atoms with Crippen LogP contribution in [0.1, 0.15) is 0 Å². The van der Waals surface area contributed by atoms with E-state index < -0.39 is 10.4 Å². The number of hydrogen-bond donors (Lipinski definition) is 0. The molecule has 2 aromatic heterocycles. The van der Waals surface area contributed by atoms with Crippen molar-refractivity contribution in [2.75, 3.05) is 0 Å². The van der Waals surface area contributed by atoms with Gasteiger partial charge in [-0.3, -0.25) is 8.42 Å². The van der Waals surface area contributed by atoms with Crippen LogP contribution in [-0.4, -0.2) is 40.6 Å². The third kappa shape index (κ3) is 9.29. The first-order valence-electron chi connectivity index (χ1n) is 5.15. The predicted molar refractivity (Wildman–Crippen MR) is 78.7 cm³/mol. The van der Waals surface area contributed by atoms with E-state index in [1.54, 1.807) is 36.4 Å². The summed E-state index contributed by atoms with van der Waals surface area (Å²) < 4.78 is 35.6. The third-order valence-corrected chi connectivity index (χ3v) is 4.12. The molecule has 12 heteroatoms. The van der Waals surface area contributed by atoms with Gasteiger partial charge in [0.2, 0.25) is 0 Å². The molecule has 0 saturated carbocycles. The van der Waals surface area contributed by atoms with Gasteiger partial charge in [-0.1, -0.05) is 0 Å². The molecule has 8 nitrogen and oxygen atoms in total. The van der Waals surface area contributed by atoms with Gasteiger partial charge in [-0.2, -0.15) is 9.46 Å². The van der Waals surface area contributed by atoms with Crippen LogP contribution in [0.25, 0.3) is 0 Å². The smallest absolute Gasteiger partial charge is 0.759 e. The van der Waals surface area contributed by atoms with Gasteiger partial charge in [0, 0.05) is 56.3 Å².